The van der Waals surface area contributed by atoms with Crippen molar-refractivity contribution in [1.82, 2.24) is 14.6 Å². The van der Waals surface area contributed by atoms with Gasteiger partial charge < -0.3 is 10.1 Å². The normalized spacial score (nSPS) is 14.3. The summed E-state index contributed by atoms with van der Waals surface area (Å²) in [6, 6.07) is 11.9. The Morgan fingerprint density at radius 1 is 1.16 bits per heavy atom. The summed E-state index contributed by atoms with van der Waals surface area (Å²) in [5.74, 6) is -0.578. The Bertz CT molecular complexity index is 1340. The fourth-order valence-electron chi connectivity index (χ4n) is 4.09. The monoisotopic (exact) mass is 466 g/mol. The van der Waals surface area contributed by atoms with E-state index in [0.717, 1.165) is 47.8 Å². The van der Waals surface area contributed by atoms with E-state index in [1.807, 2.05) is 47.7 Å². The molecule has 5 rings (SSSR count). The number of nitrogens with zero attached hydrogens (tertiary/aromatic N) is 3. The first kappa shape index (κ1) is 21.0. The highest BCUT2D eigenvalue weighted by molar-refractivity contribution is 8.00. The van der Waals surface area contributed by atoms with Crippen LogP contribution in [-0.2, 0) is 22.4 Å². The molecule has 1 N–H and O–H groups in total. The zero-order valence-electron chi connectivity index (χ0n) is 17.8. The number of thiophene rings is 1. The number of hydrogen-bond donors (Lipinski definition) is 1. The van der Waals surface area contributed by atoms with Crippen LogP contribution < -0.4 is 5.32 Å². The molecule has 0 radical (unpaired) electrons. The first-order valence-electron chi connectivity index (χ1n) is 10.5. The van der Waals surface area contributed by atoms with Crippen molar-refractivity contribution in [2.45, 2.75) is 43.0 Å². The third-order valence-electron chi connectivity index (χ3n) is 5.70. The van der Waals surface area contributed by atoms with Crippen molar-refractivity contribution in [3.05, 3.63) is 52.4 Å². The number of anilines is 1. The van der Waals surface area contributed by atoms with Crippen LogP contribution in [0.5, 0.6) is 0 Å². The molecule has 0 fully saturated rings. The molecule has 0 spiro atoms. The van der Waals surface area contributed by atoms with Crippen LogP contribution in [0.25, 0.3) is 16.6 Å². The molecule has 32 heavy (non-hydrogen) atoms. The summed E-state index contributed by atoms with van der Waals surface area (Å²) in [5, 5.41) is 13.4. The maximum atomic E-state index is 13.1. The third kappa shape index (κ3) is 3.65. The number of fused-ring (bicyclic) bond motifs is 4. The highest BCUT2D eigenvalue weighted by Crippen LogP contribution is 2.39. The number of para-hydroxylation sites is 1. The topological polar surface area (TPSA) is 85.6 Å². The minimum absolute atomic E-state index is 0.185. The number of nitrogens with one attached hydrogen (secondary N) is 1. The maximum Gasteiger partial charge on any atom is 0.341 e. The average Bonchev–Trinajstić information content (AvgIpc) is 3.39. The van der Waals surface area contributed by atoms with Crippen molar-refractivity contribution < 1.29 is 14.3 Å². The fourth-order valence-corrected chi connectivity index (χ4v) is 6.23. The minimum Gasteiger partial charge on any atom is -0.465 e. The lowest BCUT2D eigenvalue weighted by Gasteiger charge is -2.13. The van der Waals surface area contributed by atoms with Gasteiger partial charge in [-0.3, -0.25) is 9.20 Å². The number of thioether (sulfide) groups is 1. The van der Waals surface area contributed by atoms with Crippen LogP contribution in [-0.4, -0.2) is 38.8 Å². The van der Waals surface area contributed by atoms with E-state index < -0.39 is 11.2 Å². The molecule has 1 aliphatic rings. The number of rotatable bonds is 5. The predicted octanol–water partition coefficient (Wildman–Crippen LogP) is 4.73. The first-order chi connectivity index (χ1) is 15.6. The van der Waals surface area contributed by atoms with Crippen molar-refractivity contribution in [2.24, 2.45) is 0 Å². The van der Waals surface area contributed by atoms with Crippen molar-refractivity contribution in [2.75, 3.05) is 12.4 Å². The zero-order valence-corrected chi connectivity index (χ0v) is 19.4. The number of benzene rings is 1. The molecule has 3 heterocycles. The summed E-state index contributed by atoms with van der Waals surface area (Å²) in [6.45, 7) is 1.83. The molecule has 1 aliphatic carbocycles. The molecule has 0 saturated carbocycles. The molecule has 0 bridgehead atoms. The van der Waals surface area contributed by atoms with Gasteiger partial charge >= 0.3 is 5.97 Å². The van der Waals surface area contributed by atoms with E-state index in [2.05, 4.69) is 15.5 Å². The number of ether oxygens (including phenoxy) is 1. The number of esters is 1. The Kier molecular flexibility index (Phi) is 5.60. The molecule has 1 atom stereocenters. The Hall–Kier alpha value is -2.91. The number of pyridine rings is 1. The fraction of sp³-hybridized carbons (Fsp3) is 0.304. The molecule has 1 aromatic carbocycles. The van der Waals surface area contributed by atoms with Gasteiger partial charge in [-0.1, -0.05) is 30.0 Å². The SMILES string of the molecule is COC(=O)c1c(NC(=O)C(C)Sc2nnc3ccc4ccccc4n23)sc2c1CCCC2. The van der Waals surface area contributed by atoms with Gasteiger partial charge in [0.2, 0.25) is 5.91 Å². The number of hydrogen-bond acceptors (Lipinski definition) is 7. The average molecular weight is 467 g/mol. The summed E-state index contributed by atoms with van der Waals surface area (Å²) in [4.78, 5) is 26.7. The summed E-state index contributed by atoms with van der Waals surface area (Å²) in [6.07, 6.45) is 3.92. The maximum absolute atomic E-state index is 13.1. The van der Waals surface area contributed by atoms with Crippen molar-refractivity contribution in [3.8, 4) is 0 Å². The van der Waals surface area contributed by atoms with Crippen LogP contribution in [0.15, 0.2) is 41.6 Å². The Morgan fingerprint density at radius 3 is 2.81 bits per heavy atom. The molecule has 1 amide bonds. The number of carbonyl (C=O) groups excluding carboxylic acids is 2. The number of amides is 1. The lowest BCUT2D eigenvalue weighted by atomic mass is 9.95. The quantitative estimate of drug-likeness (QED) is 0.338. The second-order valence-electron chi connectivity index (χ2n) is 7.72. The van der Waals surface area contributed by atoms with E-state index in [0.29, 0.717) is 15.7 Å². The third-order valence-corrected chi connectivity index (χ3v) is 7.95. The van der Waals surface area contributed by atoms with Gasteiger partial charge in [-0.2, -0.15) is 0 Å². The second-order valence-corrected chi connectivity index (χ2v) is 10.1. The predicted molar refractivity (Wildman–Crippen MR) is 127 cm³/mol. The summed E-state index contributed by atoms with van der Waals surface area (Å²) in [5.41, 5.74) is 3.26. The molecule has 0 saturated heterocycles. The van der Waals surface area contributed by atoms with Crippen molar-refractivity contribution >= 4 is 56.5 Å². The van der Waals surface area contributed by atoms with Gasteiger partial charge in [-0.25, -0.2) is 4.79 Å². The number of methoxy groups -OCH3 is 1. The molecule has 0 aliphatic heterocycles. The highest BCUT2D eigenvalue weighted by atomic mass is 32.2. The van der Waals surface area contributed by atoms with Crippen LogP contribution >= 0.6 is 23.1 Å². The van der Waals surface area contributed by atoms with Crippen molar-refractivity contribution in [1.29, 1.82) is 0 Å². The van der Waals surface area contributed by atoms with Gasteiger partial charge in [0.25, 0.3) is 0 Å². The van der Waals surface area contributed by atoms with Gasteiger partial charge in [-0.05, 0) is 61.8 Å². The van der Waals surface area contributed by atoms with Crippen molar-refractivity contribution in [3.63, 3.8) is 0 Å². The molecule has 3 aromatic heterocycles. The Balaban J connectivity index is 1.42. The Morgan fingerprint density at radius 2 is 1.97 bits per heavy atom. The largest absolute Gasteiger partial charge is 0.465 e. The van der Waals surface area contributed by atoms with Crippen LogP contribution in [0.1, 0.15) is 40.6 Å². The van der Waals surface area contributed by atoms with Gasteiger partial charge in [0, 0.05) is 4.88 Å². The van der Waals surface area contributed by atoms with Gasteiger partial charge in [0.15, 0.2) is 10.8 Å². The van der Waals surface area contributed by atoms with E-state index in [4.69, 9.17) is 4.74 Å². The van der Waals surface area contributed by atoms with E-state index in [1.54, 1.807) is 0 Å². The Labute approximate surface area is 193 Å². The summed E-state index contributed by atoms with van der Waals surface area (Å²) < 4.78 is 6.97. The van der Waals surface area contributed by atoms with Crippen LogP contribution in [0.2, 0.25) is 0 Å². The molecule has 164 valence electrons. The van der Waals surface area contributed by atoms with E-state index in [-0.39, 0.29) is 5.91 Å². The van der Waals surface area contributed by atoms with Gasteiger partial charge in [-0.15, -0.1) is 21.5 Å². The molecule has 9 heteroatoms. The lowest BCUT2D eigenvalue weighted by molar-refractivity contribution is -0.115. The lowest BCUT2D eigenvalue weighted by Crippen LogP contribution is -2.23. The van der Waals surface area contributed by atoms with E-state index in [1.165, 1.54) is 35.1 Å². The van der Waals surface area contributed by atoms with Crippen LogP contribution in [0, 0.1) is 0 Å². The minimum atomic E-state index is -0.439. The zero-order chi connectivity index (χ0) is 22.2. The molecular weight excluding hydrogens is 444 g/mol. The summed E-state index contributed by atoms with van der Waals surface area (Å²) >= 11 is 2.83. The molecule has 7 nitrogen and oxygen atoms in total. The summed E-state index contributed by atoms with van der Waals surface area (Å²) in [7, 11) is 1.38. The first-order valence-corrected chi connectivity index (χ1v) is 12.2. The smallest absolute Gasteiger partial charge is 0.341 e. The van der Waals surface area contributed by atoms with Crippen LogP contribution in [0.3, 0.4) is 0 Å². The van der Waals surface area contributed by atoms with E-state index >= 15 is 0 Å². The number of aromatic nitrogens is 3. The highest BCUT2D eigenvalue weighted by Gasteiger charge is 2.28. The van der Waals surface area contributed by atoms with Gasteiger partial charge in [0.05, 0.1) is 23.4 Å². The number of aryl methyl sites for hydroxylation is 1. The second kappa shape index (κ2) is 8.55. The number of carbonyl (C=O) groups is 2. The molecule has 1 unspecified atom stereocenters. The molecule has 4 aromatic rings. The van der Waals surface area contributed by atoms with E-state index in [9.17, 15) is 9.59 Å². The molecular formula is C23H22N4O3S2. The van der Waals surface area contributed by atoms with Crippen LogP contribution in [0.4, 0.5) is 5.00 Å². The van der Waals surface area contributed by atoms with Gasteiger partial charge in [0.1, 0.15) is 5.00 Å². The standard InChI is InChI=1S/C23H22N4O3S2/c1-13(31-23-26-25-18-12-11-14-7-3-5-9-16(14)27(18)23)20(28)24-21-19(22(29)30-2)15-8-4-6-10-17(15)32-21/h3,5,7,9,11-13H,4,6,8,10H2,1-2H3,(H,24,28).